The van der Waals surface area contributed by atoms with Crippen molar-refractivity contribution in [2.24, 2.45) is 0 Å². The molecule has 0 saturated heterocycles. The van der Waals surface area contributed by atoms with Crippen molar-refractivity contribution in [1.82, 2.24) is 57.3 Å². The van der Waals surface area contributed by atoms with Crippen LogP contribution in [0.15, 0.2) is 522 Å². The molecule has 9 aromatic heterocycles. The van der Waals surface area contributed by atoms with Crippen LogP contribution in [0, 0.1) is 0 Å². The summed E-state index contributed by atoms with van der Waals surface area (Å²) >= 11 is 0. The molecule has 144 heavy (non-hydrogen) atoms. The Morgan fingerprint density at radius 1 is 0.118 bits per heavy atom. The molecule has 0 aliphatic heterocycles. The van der Waals surface area contributed by atoms with Crippen LogP contribution in [0.5, 0.6) is 0 Å². The monoisotopic (exact) mass is 1840 g/mol. The lowest BCUT2D eigenvalue weighted by atomic mass is 10.0. The number of aromatic nitrogens is 12. The van der Waals surface area contributed by atoms with Crippen molar-refractivity contribution in [3.63, 3.8) is 0 Å². The van der Waals surface area contributed by atoms with Gasteiger partial charge in [-0.15, -0.1) is 0 Å². The first-order valence-corrected chi connectivity index (χ1v) is 48.7. The molecule has 0 radical (unpaired) electrons. The van der Waals surface area contributed by atoms with E-state index in [0.29, 0.717) is 17.5 Å². The molecule has 0 N–H and O–H groups in total. The van der Waals surface area contributed by atoms with E-state index in [-0.39, 0.29) is 0 Å². The zero-order valence-corrected chi connectivity index (χ0v) is 78.0. The number of fused-ring (bicyclic) bond motifs is 21. The molecule has 0 spiro atoms. The summed E-state index contributed by atoms with van der Waals surface area (Å²) in [6.07, 6.45) is 0. The first-order chi connectivity index (χ1) is 71.5. The van der Waals surface area contributed by atoms with Crippen LogP contribution in [0.2, 0.25) is 0 Å². The lowest BCUT2D eigenvalue weighted by Gasteiger charge is -2.13. The Labute approximate surface area is 828 Å². The Morgan fingerprint density at radius 3 is 0.604 bits per heavy atom. The van der Waals surface area contributed by atoms with E-state index in [2.05, 4.69) is 488 Å². The third-order valence-electron chi connectivity index (χ3n) is 28.0. The Morgan fingerprint density at radius 2 is 0.312 bits per heavy atom. The fourth-order valence-electron chi connectivity index (χ4n) is 21.7. The number of para-hydroxylation sites is 9. The molecule has 0 aliphatic carbocycles. The van der Waals surface area contributed by atoms with E-state index in [1.54, 1.807) is 0 Å². The summed E-state index contributed by atoms with van der Waals surface area (Å²) in [5.74, 6) is 4.59. The zero-order valence-electron chi connectivity index (χ0n) is 78.0. The minimum Gasteiger partial charge on any atom is -0.309 e. The van der Waals surface area contributed by atoms with Crippen LogP contribution in [0.25, 0.3) is 256 Å². The molecular weight excluding hydrogens is 1750 g/mol. The van der Waals surface area contributed by atoms with Gasteiger partial charge in [-0.1, -0.05) is 388 Å². The van der Waals surface area contributed by atoms with E-state index >= 15 is 0 Å². The molecule has 0 bridgehead atoms. The number of rotatable bonds is 14. The van der Waals surface area contributed by atoms with Crippen molar-refractivity contribution in [2.75, 3.05) is 0 Å². The predicted octanol–water partition coefficient (Wildman–Crippen LogP) is 33.3. The topological polar surface area (TPSA) is 107 Å². The molecular formula is C132H86N12. The van der Waals surface area contributed by atoms with E-state index in [9.17, 15) is 0 Å². The third-order valence-corrected chi connectivity index (χ3v) is 28.0. The zero-order chi connectivity index (χ0) is 95.1. The molecule has 12 nitrogen and oxygen atoms in total. The van der Waals surface area contributed by atoms with Crippen LogP contribution < -0.4 is 0 Å². The summed E-state index contributed by atoms with van der Waals surface area (Å²) in [6, 6.07) is 184. The van der Waals surface area contributed by atoms with E-state index < -0.39 is 0 Å². The molecule has 0 unspecified atom stereocenters. The summed E-state index contributed by atoms with van der Waals surface area (Å²) in [6.45, 7) is 0. The van der Waals surface area contributed by atoms with Crippen molar-refractivity contribution in [3.05, 3.63) is 522 Å². The van der Waals surface area contributed by atoms with E-state index in [4.69, 9.17) is 29.9 Å². The lowest BCUT2D eigenvalue weighted by Crippen LogP contribution is -2.02. The standard InChI is InChI=1S/2C46H30N4.C40H26N4/c1-4-15-31(16-5-1)33-19-14-20-34(29-33)46-47-38(32-17-6-2-7-18-32)30-43(48-46)50-40-26-13-11-24-37(40)45-42(50)28-27-41-44(45)36-23-10-12-25-39(36)49(41)35-21-8-3-9-22-35;1-4-14-31(15-5-1)32-24-26-33(27-25-32)38-30-43(48-46(47-38)34-16-6-2-7-17-34)50-40-23-13-11-21-37(40)45-42(50)29-28-41-44(45)36-20-10-12-22-39(36)49(41)35-18-8-3-9-19-35;1-4-14-27(15-5-1)32-26-37(42-40(41-32)28-16-6-2-7-17-28)44-34-23-13-11-21-31(34)39-36(44)25-24-35-38(39)30-20-10-12-22-33(30)43(35)29-18-8-3-9-19-29/h2*1-30H;1-26H. The van der Waals surface area contributed by atoms with Crippen molar-refractivity contribution in [2.45, 2.75) is 0 Å². The smallest absolute Gasteiger partial charge is 0.162 e. The summed E-state index contributed by atoms with van der Waals surface area (Å²) in [5.41, 5.74) is 30.6. The van der Waals surface area contributed by atoms with Gasteiger partial charge in [-0.3, -0.25) is 13.7 Å². The molecule has 674 valence electrons. The van der Waals surface area contributed by atoms with Crippen molar-refractivity contribution >= 4 is 131 Å². The number of benzene rings is 20. The SMILES string of the molecule is c1ccc(-c2cc(-n3c4ccccc4c4c5c6ccccc6n(-c6ccccc6)c5ccc43)nc(-c3ccccc3)n2)cc1.c1ccc(-c2ccc(-c3cc(-n4c5ccccc5c5c6c7ccccc7n(-c7ccccc7)c6ccc54)nc(-c4ccccc4)n3)cc2)cc1.c1ccc(-c2cccc(-c3nc(-c4ccccc4)cc(-n4c5ccccc5c5c6c7ccccc7n(-c7ccccc7)c6ccc54)n3)c2)cc1. The van der Waals surface area contributed by atoms with Gasteiger partial charge in [0.05, 0.1) is 83.3 Å². The Kier molecular flexibility index (Phi) is 20.6. The fourth-order valence-corrected chi connectivity index (χ4v) is 21.7. The van der Waals surface area contributed by atoms with Crippen LogP contribution >= 0.6 is 0 Å². The summed E-state index contributed by atoms with van der Waals surface area (Å²) in [4.78, 5) is 31.2. The Balaban J connectivity index is 0.000000108. The van der Waals surface area contributed by atoms with Crippen LogP contribution in [-0.4, -0.2) is 57.3 Å². The second-order valence-electron chi connectivity index (χ2n) is 36.3. The average Bonchev–Trinajstić information content (AvgIpc) is 1.55. The summed E-state index contributed by atoms with van der Waals surface area (Å²) < 4.78 is 14.1. The molecule has 12 heteroatoms. The van der Waals surface area contributed by atoms with Gasteiger partial charge in [0.2, 0.25) is 0 Å². The second-order valence-corrected chi connectivity index (χ2v) is 36.3. The normalized spacial score (nSPS) is 11.6. The molecule has 9 heterocycles. The molecule has 0 saturated carbocycles. The Bertz CT molecular complexity index is 9920. The molecule has 0 amide bonds. The van der Waals surface area contributed by atoms with Gasteiger partial charge in [0.25, 0.3) is 0 Å². The highest BCUT2D eigenvalue weighted by atomic mass is 15.1. The maximum atomic E-state index is 5.35. The van der Waals surface area contributed by atoms with Crippen LogP contribution in [0.4, 0.5) is 0 Å². The Hall–Kier alpha value is -19.6. The van der Waals surface area contributed by atoms with Gasteiger partial charge >= 0.3 is 0 Å². The van der Waals surface area contributed by atoms with E-state index in [1.807, 2.05) is 60.7 Å². The summed E-state index contributed by atoms with van der Waals surface area (Å²) in [5, 5.41) is 14.7. The highest BCUT2D eigenvalue weighted by molar-refractivity contribution is 6.32. The molecule has 29 rings (SSSR count). The van der Waals surface area contributed by atoms with Gasteiger partial charge in [0.15, 0.2) is 17.5 Å². The van der Waals surface area contributed by atoms with Crippen LogP contribution in [0.3, 0.4) is 0 Å². The number of nitrogens with zero attached hydrogens (tertiary/aromatic N) is 12. The molecule has 0 aliphatic rings. The highest BCUT2D eigenvalue weighted by Gasteiger charge is 2.28. The van der Waals surface area contributed by atoms with E-state index in [1.165, 1.54) is 109 Å². The van der Waals surface area contributed by atoms with Gasteiger partial charge in [-0.25, -0.2) is 29.9 Å². The first-order valence-electron chi connectivity index (χ1n) is 48.7. The van der Waals surface area contributed by atoms with Gasteiger partial charge in [-0.2, -0.15) is 0 Å². The third kappa shape index (κ3) is 14.5. The van der Waals surface area contributed by atoms with Gasteiger partial charge in [-0.05, 0) is 138 Å². The molecule has 29 aromatic rings. The second kappa shape index (κ2) is 35.5. The van der Waals surface area contributed by atoms with Crippen LogP contribution in [-0.2, 0) is 0 Å². The average molecular weight is 1840 g/mol. The molecule has 20 aromatic carbocycles. The number of hydrogen-bond acceptors (Lipinski definition) is 6. The van der Waals surface area contributed by atoms with E-state index in [0.717, 1.165) is 129 Å². The minimum atomic E-state index is 0.687. The van der Waals surface area contributed by atoms with Gasteiger partial charge in [0, 0.05) is 133 Å². The number of hydrogen-bond donors (Lipinski definition) is 0. The maximum Gasteiger partial charge on any atom is 0.162 e. The van der Waals surface area contributed by atoms with Crippen LogP contribution in [0.1, 0.15) is 0 Å². The van der Waals surface area contributed by atoms with Gasteiger partial charge in [0.1, 0.15) is 17.5 Å². The lowest BCUT2D eigenvalue weighted by molar-refractivity contribution is 1.05. The molecule has 0 atom stereocenters. The van der Waals surface area contributed by atoms with Gasteiger partial charge < -0.3 is 13.7 Å². The largest absolute Gasteiger partial charge is 0.309 e. The van der Waals surface area contributed by atoms with Crippen molar-refractivity contribution in [3.8, 4) is 125 Å². The first kappa shape index (κ1) is 83.8. The van der Waals surface area contributed by atoms with Crippen molar-refractivity contribution < 1.29 is 0 Å². The maximum absolute atomic E-state index is 5.35. The quantitative estimate of drug-likeness (QED) is 0.107. The fraction of sp³-hybridized carbons (Fsp3) is 0. The van der Waals surface area contributed by atoms with Crippen molar-refractivity contribution in [1.29, 1.82) is 0 Å². The minimum absolute atomic E-state index is 0.687. The highest BCUT2D eigenvalue weighted by Crippen LogP contribution is 2.48. The molecule has 0 fully saturated rings. The summed E-state index contributed by atoms with van der Waals surface area (Å²) in [7, 11) is 0. The predicted molar refractivity (Wildman–Crippen MR) is 596 cm³/mol.